The van der Waals surface area contributed by atoms with Crippen LogP contribution in [0.15, 0.2) is 33.7 Å². The number of hydrogen-bond acceptors (Lipinski definition) is 6. The topological polar surface area (TPSA) is 89.7 Å². The van der Waals surface area contributed by atoms with Crippen molar-refractivity contribution >= 4 is 15.7 Å². The van der Waals surface area contributed by atoms with Gasteiger partial charge in [0.1, 0.15) is 11.5 Å². The number of aromatic nitrogens is 1. The number of oxazole rings is 1. The number of halogens is 2. The van der Waals surface area contributed by atoms with Gasteiger partial charge < -0.3 is 14.1 Å². The summed E-state index contributed by atoms with van der Waals surface area (Å²) in [4.78, 5) is 19.1. The minimum absolute atomic E-state index is 0.0564. The second kappa shape index (κ2) is 7.01. The van der Waals surface area contributed by atoms with E-state index in [9.17, 15) is 22.0 Å². The van der Waals surface area contributed by atoms with Gasteiger partial charge in [-0.1, -0.05) is 0 Å². The smallest absolute Gasteiger partial charge is 0.281 e. The number of rotatable bonds is 6. The summed E-state index contributed by atoms with van der Waals surface area (Å²) in [5, 5.41) is 0. The molecule has 1 aromatic heterocycles. The molecule has 2 fully saturated rings. The first-order valence-electron chi connectivity index (χ1n) is 9.92. The van der Waals surface area contributed by atoms with Crippen molar-refractivity contribution in [2.24, 2.45) is 5.92 Å². The number of amides is 1. The highest BCUT2D eigenvalue weighted by Crippen LogP contribution is 2.59. The lowest BCUT2D eigenvalue weighted by Gasteiger charge is -2.25. The number of hydrogen-bond donors (Lipinski definition) is 0. The Labute approximate surface area is 179 Å². The fraction of sp³-hybridized carbons (Fsp3) is 0.524. The quantitative estimate of drug-likeness (QED) is 0.666. The molecule has 10 heteroatoms. The van der Waals surface area contributed by atoms with Crippen LogP contribution < -0.4 is 4.74 Å². The molecule has 1 aliphatic carbocycles. The van der Waals surface area contributed by atoms with Crippen molar-refractivity contribution in [3.63, 3.8) is 0 Å². The van der Waals surface area contributed by atoms with Crippen molar-refractivity contribution in [1.29, 1.82) is 0 Å². The number of piperidine rings is 1. The van der Waals surface area contributed by atoms with Gasteiger partial charge in [-0.2, -0.15) is 0 Å². The maximum Gasteiger partial charge on any atom is 0.281 e. The van der Waals surface area contributed by atoms with Crippen LogP contribution in [0.5, 0.6) is 5.75 Å². The molecule has 1 aliphatic heterocycles. The second-order valence-corrected chi connectivity index (χ2v) is 10.7. The standard InChI is InChI=1S/C21H24F2N2O5S/c1-12-9-24-19(29-12)21-8-14(21)10-25(11-21)18(26)16-7-15(31(4,27)28)5-6-17(16)30-13(2)20(3,22)23/h5-7,9,13-14H,8,10-11H2,1-4H3. The van der Waals surface area contributed by atoms with Gasteiger partial charge in [0.05, 0.1) is 22.1 Å². The highest BCUT2D eigenvalue weighted by Gasteiger charge is 2.65. The first kappa shape index (κ1) is 21.7. The molecule has 2 aliphatic rings. The van der Waals surface area contributed by atoms with Crippen LogP contribution in [0.3, 0.4) is 0 Å². The maximum absolute atomic E-state index is 13.7. The molecule has 3 atom stereocenters. The van der Waals surface area contributed by atoms with E-state index in [0.29, 0.717) is 24.7 Å². The lowest BCUT2D eigenvalue weighted by Crippen LogP contribution is -2.35. The van der Waals surface area contributed by atoms with Gasteiger partial charge in [-0.25, -0.2) is 22.2 Å². The molecule has 3 unspecified atom stereocenters. The average molecular weight is 454 g/mol. The molecule has 0 bridgehead atoms. The van der Waals surface area contributed by atoms with Crippen molar-refractivity contribution in [2.75, 3.05) is 19.3 Å². The van der Waals surface area contributed by atoms with Crippen molar-refractivity contribution in [3.05, 3.63) is 41.6 Å². The van der Waals surface area contributed by atoms with E-state index in [2.05, 4.69) is 4.98 Å². The van der Waals surface area contributed by atoms with E-state index >= 15 is 0 Å². The Morgan fingerprint density at radius 1 is 1.42 bits per heavy atom. The molecule has 1 aromatic carbocycles. The normalized spacial score (nSPS) is 24.1. The number of fused-ring (bicyclic) bond motifs is 1. The van der Waals surface area contributed by atoms with Gasteiger partial charge in [0.15, 0.2) is 15.9 Å². The van der Waals surface area contributed by atoms with Crippen LogP contribution >= 0.6 is 0 Å². The highest BCUT2D eigenvalue weighted by molar-refractivity contribution is 7.90. The molecule has 31 heavy (non-hydrogen) atoms. The van der Waals surface area contributed by atoms with E-state index in [1.165, 1.54) is 25.1 Å². The molecular weight excluding hydrogens is 430 g/mol. The van der Waals surface area contributed by atoms with E-state index in [1.54, 1.807) is 18.0 Å². The number of carbonyl (C=O) groups excluding carboxylic acids is 1. The van der Waals surface area contributed by atoms with Crippen molar-refractivity contribution in [1.82, 2.24) is 9.88 Å². The van der Waals surface area contributed by atoms with Crippen LogP contribution in [-0.4, -0.2) is 55.6 Å². The summed E-state index contributed by atoms with van der Waals surface area (Å²) in [5.41, 5.74) is -0.401. The predicted octanol–water partition coefficient (Wildman–Crippen LogP) is 3.22. The average Bonchev–Trinajstić information content (AvgIpc) is 2.99. The Hall–Kier alpha value is -2.49. The zero-order valence-electron chi connectivity index (χ0n) is 17.7. The molecule has 1 saturated heterocycles. The number of likely N-dealkylation sites (tertiary alicyclic amines) is 1. The molecule has 168 valence electrons. The Bertz CT molecular complexity index is 1140. The zero-order chi connectivity index (χ0) is 22.8. The van der Waals surface area contributed by atoms with Gasteiger partial charge in [0, 0.05) is 26.3 Å². The van der Waals surface area contributed by atoms with Crippen molar-refractivity contribution in [3.8, 4) is 5.75 Å². The molecule has 4 rings (SSSR count). The fourth-order valence-corrected chi connectivity index (χ4v) is 4.68. The van der Waals surface area contributed by atoms with Crippen molar-refractivity contribution < 1.29 is 31.1 Å². The Balaban J connectivity index is 1.65. The third-order valence-electron chi connectivity index (χ3n) is 6.11. The summed E-state index contributed by atoms with van der Waals surface area (Å²) in [6.45, 7) is 4.53. The van der Waals surface area contributed by atoms with Gasteiger partial charge in [-0.15, -0.1) is 0 Å². The van der Waals surface area contributed by atoms with Crippen LogP contribution in [0.25, 0.3) is 0 Å². The van der Waals surface area contributed by atoms with Gasteiger partial charge >= 0.3 is 0 Å². The Morgan fingerprint density at radius 2 is 2.13 bits per heavy atom. The Morgan fingerprint density at radius 3 is 2.71 bits per heavy atom. The molecular formula is C21H24F2N2O5S. The number of nitrogens with zero attached hydrogens (tertiary/aromatic N) is 2. The van der Waals surface area contributed by atoms with Crippen LogP contribution in [-0.2, 0) is 15.3 Å². The minimum Gasteiger partial charge on any atom is -0.484 e. The van der Waals surface area contributed by atoms with Gasteiger partial charge in [0.25, 0.3) is 11.8 Å². The van der Waals surface area contributed by atoms with E-state index < -0.39 is 27.8 Å². The van der Waals surface area contributed by atoms with Gasteiger partial charge in [-0.05, 0) is 44.4 Å². The molecule has 1 saturated carbocycles. The van der Waals surface area contributed by atoms with Crippen LogP contribution in [0.2, 0.25) is 0 Å². The number of ether oxygens (including phenoxy) is 1. The second-order valence-electron chi connectivity index (χ2n) is 8.67. The van der Waals surface area contributed by atoms with E-state index in [4.69, 9.17) is 9.15 Å². The van der Waals surface area contributed by atoms with Gasteiger partial charge in [0.2, 0.25) is 5.89 Å². The third kappa shape index (κ3) is 3.93. The van der Waals surface area contributed by atoms with Crippen molar-refractivity contribution in [2.45, 2.75) is 49.5 Å². The van der Waals surface area contributed by atoms with Crippen LogP contribution in [0, 0.1) is 12.8 Å². The summed E-state index contributed by atoms with van der Waals surface area (Å²) < 4.78 is 62.4. The molecule has 7 nitrogen and oxygen atoms in total. The molecule has 2 aromatic rings. The predicted molar refractivity (Wildman–Crippen MR) is 107 cm³/mol. The summed E-state index contributed by atoms with van der Waals surface area (Å²) >= 11 is 0. The lowest BCUT2D eigenvalue weighted by atomic mass is 10.1. The maximum atomic E-state index is 13.7. The molecule has 2 heterocycles. The number of benzene rings is 1. The molecule has 0 spiro atoms. The molecule has 1 amide bonds. The van der Waals surface area contributed by atoms with E-state index in [0.717, 1.165) is 19.6 Å². The zero-order valence-corrected chi connectivity index (χ0v) is 18.5. The largest absolute Gasteiger partial charge is 0.484 e. The first-order valence-corrected chi connectivity index (χ1v) is 11.8. The summed E-state index contributed by atoms with van der Waals surface area (Å²) in [6, 6.07) is 3.70. The molecule has 0 radical (unpaired) electrons. The van der Waals surface area contributed by atoms with Crippen LogP contribution in [0.1, 0.15) is 42.3 Å². The number of alkyl halides is 2. The number of carbonyl (C=O) groups is 1. The summed E-state index contributed by atoms with van der Waals surface area (Å²) in [5.74, 6) is -2.22. The lowest BCUT2D eigenvalue weighted by molar-refractivity contribution is -0.0720. The summed E-state index contributed by atoms with van der Waals surface area (Å²) in [7, 11) is -3.61. The first-order chi connectivity index (χ1) is 14.3. The number of aryl methyl sites for hydroxylation is 1. The van der Waals surface area contributed by atoms with Crippen LogP contribution in [0.4, 0.5) is 8.78 Å². The summed E-state index contributed by atoms with van der Waals surface area (Å²) in [6.07, 6.45) is 2.00. The molecule has 0 N–H and O–H groups in total. The monoisotopic (exact) mass is 454 g/mol. The van der Waals surface area contributed by atoms with E-state index in [-0.39, 0.29) is 27.5 Å². The SMILES string of the molecule is Cc1cnc(C23CC2CN(C(=O)c2cc(S(C)(=O)=O)ccc2OC(C)C(C)(F)F)C3)o1. The van der Waals surface area contributed by atoms with Gasteiger partial charge in [-0.3, -0.25) is 4.79 Å². The third-order valence-corrected chi connectivity index (χ3v) is 7.22. The van der Waals surface area contributed by atoms with E-state index in [1.807, 2.05) is 0 Å². The number of sulfone groups is 1. The highest BCUT2D eigenvalue weighted by atomic mass is 32.2. The fourth-order valence-electron chi connectivity index (χ4n) is 4.03. The Kier molecular flexibility index (Phi) is 4.92. The minimum atomic E-state index is -3.61.